The number of hydrogen-bond donors (Lipinski definition) is 2. The maximum Gasteiger partial charge on any atom is 0.248 e. The van der Waals surface area contributed by atoms with Crippen LogP contribution < -0.4 is 5.73 Å². The molecule has 0 aromatic carbocycles. The van der Waals surface area contributed by atoms with Crippen molar-refractivity contribution < 1.29 is 13.5 Å². The lowest BCUT2D eigenvalue weighted by Crippen LogP contribution is -2.42. The molecule has 1 saturated heterocycles. The summed E-state index contributed by atoms with van der Waals surface area (Å²) in [6.07, 6.45) is 4.85. The number of sulfonamides is 1. The molecule has 0 amide bonds. The van der Waals surface area contributed by atoms with Gasteiger partial charge in [0.25, 0.3) is 0 Å². The third kappa shape index (κ3) is 2.82. The van der Waals surface area contributed by atoms with Gasteiger partial charge in [-0.3, -0.25) is 4.68 Å². The summed E-state index contributed by atoms with van der Waals surface area (Å²) in [5.74, 6) is 0.0211. The molecule has 0 aliphatic carbocycles. The molecule has 2 rings (SSSR count). The van der Waals surface area contributed by atoms with E-state index in [-0.39, 0.29) is 23.4 Å². The van der Waals surface area contributed by atoms with E-state index in [0.29, 0.717) is 19.5 Å². The highest BCUT2D eigenvalue weighted by Crippen LogP contribution is 2.27. The van der Waals surface area contributed by atoms with Crippen LogP contribution in [0.3, 0.4) is 0 Å². The molecule has 1 aliphatic rings. The van der Waals surface area contributed by atoms with Gasteiger partial charge in [-0.2, -0.15) is 9.40 Å². The van der Waals surface area contributed by atoms with Gasteiger partial charge in [0.15, 0.2) is 5.82 Å². The summed E-state index contributed by atoms with van der Waals surface area (Å²) in [5.41, 5.74) is 5.74. The van der Waals surface area contributed by atoms with Crippen LogP contribution in [0.5, 0.6) is 0 Å². The van der Waals surface area contributed by atoms with E-state index in [0.717, 1.165) is 19.3 Å². The fourth-order valence-corrected chi connectivity index (χ4v) is 4.30. The van der Waals surface area contributed by atoms with Gasteiger partial charge in [-0.15, -0.1) is 0 Å². The van der Waals surface area contributed by atoms with Crippen molar-refractivity contribution in [1.82, 2.24) is 14.1 Å². The maximum absolute atomic E-state index is 12.7. The molecule has 1 unspecified atom stereocenters. The Kier molecular flexibility index (Phi) is 4.66. The largest absolute Gasteiger partial charge is 0.395 e. The molecule has 1 fully saturated rings. The van der Waals surface area contributed by atoms with E-state index < -0.39 is 10.0 Å². The Hall–Kier alpha value is -1.12. The van der Waals surface area contributed by atoms with E-state index in [9.17, 15) is 13.5 Å². The number of nitrogens with two attached hydrogens (primary N) is 1. The number of aliphatic hydroxyl groups excluding tert-OH is 1. The Labute approximate surface area is 119 Å². The van der Waals surface area contributed by atoms with E-state index in [2.05, 4.69) is 5.10 Å². The summed E-state index contributed by atoms with van der Waals surface area (Å²) in [4.78, 5) is 0.0414. The van der Waals surface area contributed by atoms with Crippen LogP contribution in [0.15, 0.2) is 11.1 Å². The molecule has 0 saturated carbocycles. The number of aromatic nitrogens is 2. The van der Waals surface area contributed by atoms with E-state index in [1.807, 2.05) is 6.92 Å². The standard InChI is InChI=1S/C12H22N4O3S/c1-2-15-8-11(12(13)14-15)20(18,19)16-7-5-3-4-6-10(16)9-17/h8,10,17H,2-7,9H2,1H3,(H2,13,14). The summed E-state index contributed by atoms with van der Waals surface area (Å²) in [6.45, 7) is 2.68. The molecular formula is C12H22N4O3S. The van der Waals surface area contributed by atoms with Gasteiger partial charge < -0.3 is 10.8 Å². The quantitative estimate of drug-likeness (QED) is 0.839. The minimum Gasteiger partial charge on any atom is -0.395 e. The molecule has 1 aliphatic heterocycles. The topological polar surface area (TPSA) is 101 Å². The molecular weight excluding hydrogens is 280 g/mol. The van der Waals surface area contributed by atoms with Crippen LogP contribution in [0.1, 0.15) is 32.6 Å². The Morgan fingerprint density at radius 3 is 2.80 bits per heavy atom. The second-order valence-electron chi connectivity index (χ2n) is 5.04. The molecule has 0 radical (unpaired) electrons. The predicted octanol–water partition coefficient (Wildman–Crippen LogP) is 0.411. The zero-order valence-corrected chi connectivity index (χ0v) is 12.5. The van der Waals surface area contributed by atoms with Gasteiger partial charge in [0, 0.05) is 25.3 Å². The van der Waals surface area contributed by atoms with E-state index >= 15 is 0 Å². The second-order valence-corrected chi connectivity index (χ2v) is 6.89. The highest BCUT2D eigenvalue weighted by Gasteiger charge is 2.34. The number of rotatable bonds is 4. The first-order chi connectivity index (χ1) is 9.50. The van der Waals surface area contributed by atoms with Crippen molar-refractivity contribution in [2.45, 2.75) is 50.1 Å². The lowest BCUT2D eigenvalue weighted by Gasteiger charge is -2.27. The van der Waals surface area contributed by atoms with Gasteiger partial charge in [-0.25, -0.2) is 8.42 Å². The second kappa shape index (κ2) is 6.11. The monoisotopic (exact) mass is 302 g/mol. The molecule has 0 bridgehead atoms. The highest BCUT2D eigenvalue weighted by atomic mass is 32.2. The van der Waals surface area contributed by atoms with Gasteiger partial charge >= 0.3 is 0 Å². The molecule has 7 nitrogen and oxygen atoms in total. The Morgan fingerprint density at radius 2 is 2.20 bits per heavy atom. The van der Waals surface area contributed by atoms with Crippen molar-refractivity contribution in [3.8, 4) is 0 Å². The van der Waals surface area contributed by atoms with E-state index in [4.69, 9.17) is 5.73 Å². The molecule has 0 spiro atoms. The van der Waals surface area contributed by atoms with Crippen LogP contribution >= 0.6 is 0 Å². The van der Waals surface area contributed by atoms with Crippen LogP contribution in [0.25, 0.3) is 0 Å². The number of hydrogen-bond acceptors (Lipinski definition) is 5. The summed E-state index contributed by atoms with van der Waals surface area (Å²) >= 11 is 0. The number of nitrogens with zero attached hydrogens (tertiary/aromatic N) is 3. The smallest absolute Gasteiger partial charge is 0.248 e. The first-order valence-corrected chi connectivity index (χ1v) is 8.40. The van der Waals surface area contributed by atoms with Gasteiger partial charge in [-0.1, -0.05) is 12.8 Å². The lowest BCUT2D eigenvalue weighted by molar-refractivity contribution is 0.186. The van der Waals surface area contributed by atoms with Crippen LogP contribution in [0.4, 0.5) is 5.82 Å². The molecule has 2 heterocycles. The SMILES string of the molecule is CCn1cc(S(=O)(=O)N2CCCCCC2CO)c(N)n1. The van der Waals surface area contributed by atoms with Crippen LogP contribution in [0, 0.1) is 0 Å². The van der Waals surface area contributed by atoms with E-state index in [1.165, 1.54) is 15.2 Å². The van der Waals surface area contributed by atoms with Crippen LogP contribution in [-0.4, -0.2) is 46.8 Å². The van der Waals surface area contributed by atoms with Crippen molar-refractivity contribution in [3.63, 3.8) is 0 Å². The first kappa shape index (κ1) is 15.3. The van der Waals surface area contributed by atoms with Crippen molar-refractivity contribution >= 4 is 15.8 Å². The third-order valence-electron chi connectivity index (χ3n) is 3.70. The Bertz CT molecular complexity index is 555. The molecule has 1 atom stereocenters. The summed E-state index contributed by atoms with van der Waals surface area (Å²) in [5, 5.41) is 13.4. The van der Waals surface area contributed by atoms with Gasteiger partial charge in [-0.05, 0) is 19.8 Å². The van der Waals surface area contributed by atoms with Crippen molar-refractivity contribution in [3.05, 3.63) is 6.20 Å². The van der Waals surface area contributed by atoms with Crippen molar-refractivity contribution in [2.24, 2.45) is 0 Å². The zero-order valence-electron chi connectivity index (χ0n) is 11.7. The zero-order chi connectivity index (χ0) is 14.8. The number of aryl methyl sites for hydroxylation is 1. The lowest BCUT2D eigenvalue weighted by atomic mass is 10.1. The molecule has 114 valence electrons. The fraction of sp³-hybridized carbons (Fsp3) is 0.750. The summed E-state index contributed by atoms with van der Waals surface area (Å²) in [7, 11) is -3.70. The van der Waals surface area contributed by atoms with Gasteiger partial charge in [0.2, 0.25) is 10.0 Å². The van der Waals surface area contributed by atoms with E-state index in [1.54, 1.807) is 0 Å². The Balaban J connectivity index is 2.38. The minimum absolute atomic E-state index is 0.0211. The Morgan fingerprint density at radius 1 is 1.45 bits per heavy atom. The summed E-state index contributed by atoms with van der Waals surface area (Å²) < 4.78 is 28.4. The molecule has 8 heteroatoms. The molecule has 3 N–H and O–H groups in total. The first-order valence-electron chi connectivity index (χ1n) is 6.96. The normalized spacial score (nSPS) is 21.8. The summed E-state index contributed by atoms with van der Waals surface area (Å²) in [6, 6.07) is -0.369. The number of anilines is 1. The van der Waals surface area contributed by atoms with Gasteiger partial charge in [0.05, 0.1) is 6.61 Å². The average Bonchev–Trinajstić information content (AvgIpc) is 2.66. The molecule has 20 heavy (non-hydrogen) atoms. The fourth-order valence-electron chi connectivity index (χ4n) is 2.55. The number of nitrogen functional groups attached to an aromatic ring is 1. The molecule has 1 aromatic rings. The highest BCUT2D eigenvalue weighted by molar-refractivity contribution is 7.89. The van der Waals surface area contributed by atoms with Crippen LogP contribution in [-0.2, 0) is 16.6 Å². The maximum atomic E-state index is 12.7. The minimum atomic E-state index is -3.70. The van der Waals surface area contributed by atoms with Crippen molar-refractivity contribution in [1.29, 1.82) is 0 Å². The average molecular weight is 302 g/mol. The molecule has 1 aromatic heterocycles. The van der Waals surface area contributed by atoms with Crippen molar-refractivity contribution in [2.75, 3.05) is 18.9 Å². The van der Waals surface area contributed by atoms with Gasteiger partial charge in [0.1, 0.15) is 4.90 Å². The van der Waals surface area contributed by atoms with Crippen LogP contribution in [0.2, 0.25) is 0 Å². The number of aliphatic hydroxyl groups is 1. The third-order valence-corrected chi connectivity index (χ3v) is 5.67. The predicted molar refractivity (Wildman–Crippen MR) is 75.5 cm³/mol.